The first-order chi connectivity index (χ1) is 20.4. The summed E-state index contributed by atoms with van der Waals surface area (Å²) in [6.07, 6.45) is 0.366. The third kappa shape index (κ3) is 10.7. The van der Waals surface area contributed by atoms with Crippen LogP contribution in [0, 0.1) is 20.2 Å². The molecule has 2 heterocycles. The maximum Gasteiger partial charge on any atom is 0.371 e. The van der Waals surface area contributed by atoms with Crippen molar-refractivity contribution in [1.29, 1.82) is 0 Å². The highest BCUT2D eigenvalue weighted by Crippen LogP contribution is 2.25. The van der Waals surface area contributed by atoms with E-state index in [9.17, 15) is 39.4 Å². The molecule has 0 radical (unpaired) electrons. The number of nitrogens with two attached hydrogens (primary N) is 1. The van der Waals surface area contributed by atoms with Gasteiger partial charge in [-0.3, -0.25) is 34.6 Å². The van der Waals surface area contributed by atoms with E-state index in [4.69, 9.17) is 19.7 Å². The standard InChI is InChI=1S/C13H12N2O6.C9H5NO5.C4H9NO2.ClH/c1-20-12(16)4-5-14-13(17)11-7-8-6-9(15(18)19)2-3-10(8)21-11;11-9(12)8-4-5-3-6(10(13)14)1-2-7(5)15-8;1-7-4(6)2-3-5;/h2-3,6-7H,4-5H2,1H3,(H,14,17);1-4H,(H,11,12);2-3,5H2,1H3;1H. The molecule has 0 bridgehead atoms. The van der Waals surface area contributed by atoms with Crippen molar-refractivity contribution in [1.82, 2.24) is 5.32 Å². The molecular formula is C26H27ClN4O13. The summed E-state index contributed by atoms with van der Waals surface area (Å²) in [4.78, 5) is 63.4. The van der Waals surface area contributed by atoms with E-state index >= 15 is 0 Å². The molecule has 2 aromatic heterocycles. The minimum atomic E-state index is -1.20. The van der Waals surface area contributed by atoms with Crippen molar-refractivity contribution in [2.45, 2.75) is 12.8 Å². The number of nitrogens with one attached hydrogen (secondary N) is 1. The fourth-order valence-electron chi connectivity index (χ4n) is 3.19. The first-order valence-corrected chi connectivity index (χ1v) is 12.1. The number of non-ortho nitro benzene ring substituents is 2. The van der Waals surface area contributed by atoms with Crippen LogP contribution in [-0.2, 0) is 19.1 Å². The van der Waals surface area contributed by atoms with Crippen LogP contribution in [0.1, 0.15) is 34.0 Å². The van der Waals surface area contributed by atoms with Crippen molar-refractivity contribution in [3.8, 4) is 0 Å². The second-order valence-corrected chi connectivity index (χ2v) is 8.18. The first kappa shape index (κ1) is 36.5. The molecule has 0 saturated heterocycles. The summed E-state index contributed by atoms with van der Waals surface area (Å²) in [7, 11) is 2.61. The normalized spacial score (nSPS) is 9.80. The Kier molecular flexibility index (Phi) is 14.4. The number of benzene rings is 2. The number of ether oxygens (including phenoxy) is 2. The van der Waals surface area contributed by atoms with Gasteiger partial charge in [-0.05, 0) is 24.3 Å². The van der Waals surface area contributed by atoms with E-state index in [1.54, 1.807) is 0 Å². The van der Waals surface area contributed by atoms with E-state index < -0.39 is 27.7 Å². The number of furan rings is 2. The number of aromatic carboxylic acids is 1. The lowest BCUT2D eigenvalue weighted by Crippen LogP contribution is -2.25. The van der Waals surface area contributed by atoms with Gasteiger partial charge in [0.2, 0.25) is 5.76 Å². The number of esters is 2. The Balaban J connectivity index is 0.000000367. The second kappa shape index (κ2) is 17.4. The third-order valence-corrected chi connectivity index (χ3v) is 5.27. The van der Waals surface area contributed by atoms with Crippen LogP contribution in [0.15, 0.2) is 57.4 Å². The number of carbonyl (C=O) groups is 4. The molecule has 0 saturated carbocycles. The zero-order valence-electron chi connectivity index (χ0n) is 23.2. The number of hydrogen-bond acceptors (Lipinski definition) is 13. The van der Waals surface area contributed by atoms with Gasteiger partial charge in [-0.15, -0.1) is 12.4 Å². The molecule has 236 valence electrons. The Morgan fingerprint density at radius 1 is 0.818 bits per heavy atom. The SMILES string of the molecule is COC(=O)CCN.COC(=O)CCNC(=O)c1cc2cc([N+](=O)[O-])ccc2o1.Cl.O=C(O)c1cc2cc([N+](=O)[O-])ccc2o1. The van der Waals surface area contributed by atoms with Gasteiger partial charge < -0.3 is 34.5 Å². The largest absolute Gasteiger partial charge is 0.475 e. The number of nitro benzene ring substituents is 2. The van der Waals surface area contributed by atoms with E-state index in [-0.39, 0.29) is 54.2 Å². The number of halogens is 1. The average Bonchev–Trinajstić information content (AvgIpc) is 3.61. The van der Waals surface area contributed by atoms with Gasteiger partial charge in [-0.25, -0.2) is 4.79 Å². The van der Waals surface area contributed by atoms with Gasteiger partial charge >= 0.3 is 17.9 Å². The van der Waals surface area contributed by atoms with Crippen LogP contribution in [0.2, 0.25) is 0 Å². The number of fused-ring (bicyclic) bond motifs is 2. The zero-order chi connectivity index (χ0) is 32.1. The first-order valence-electron chi connectivity index (χ1n) is 12.1. The number of carboxylic acids is 1. The Hall–Kier alpha value is -5.55. The summed E-state index contributed by atoms with van der Waals surface area (Å²) in [5.74, 6) is -2.59. The monoisotopic (exact) mass is 638 g/mol. The number of carbonyl (C=O) groups excluding carboxylic acids is 3. The van der Waals surface area contributed by atoms with Crippen LogP contribution in [0.4, 0.5) is 11.4 Å². The predicted octanol–water partition coefficient (Wildman–Crippen LogP) is 3.60. The molecule has 0 fully saturated rings. The molecule has 2 aromatic carbocycles. The quantitative estimate of drug-likeness (QED) is 0.134. The van der Waals surface area contributed by atoms with Crippen LogP contribution < -0.4 is 11.1 Å². The minimum absolute atomic E-state index is 0. The fraction of sp³-hybridized carbons (Fsp3) is 0.231. The highest BCUT2D eigenvalue weighted by molar-refractivity contribution is 5.96. The van der Waals surface area contributed by atoms with Crippen molar-refractivity contribution in [2.24, 2.45) is 5.73 Å². The zero-order valence-corrected chi connectivity index (χ0v) is 24.0. The minimum Gasteiger partial charge on any atom is -0.475 e. The van der Waals surface area contributed by atoms with Crippen LogP contribution in [0.25, 0.3) is 21.9 Å². The highest BCUT2D eigenvalue weighted by Gasteiger charge is 2.15. The molecule has 17 nitrogen and oxygen atoms in total. The number of nitrogens with zero attached hydrogens (tertiary/aromatic N) is 2. The predicted molar refractivity (Wildman–Crippen MR) is 155 cm³/mol. The van der Waals surface area contributed by atoms with E-state index in [0.29, 0.717) is 34.9 Å². The average molecular weight is 639 g/mol. The molecular weight excluding hydrogens is 612 g/mol. The van der Waals surface area contributed by atoms with Crippen LogP contribution in [0.5, 0.6) is 0 Å². The van der Waals surface area contributed by atoms with Crippen molar-refractivity contribution in [3.63, 3.8) is 0 Å². The lowest BCUT2D eigenvalue weighted by molar-refractivity contribution is -0.384. The molecule has 0 aliphatic carbocycles. The lowest BCUT2D eigenvalue weighted by atomic mass is 10.2. The van der Waals surface area contributed by atoms with E-state index in [1.165, 1.54) is 62.8 Å². The smallest absolute Gasteiger partial charge is 0.371 e. The van der Waals surface area contributed by atoms with E-state index in [0.717, 1.165) is 0 Å². The van der Waals surface area contributed by atoms with Crippen LogP contribution >= 0.6 is 12.4 Å². The maximum atomic E-state index is 11.8. The molecule has 4 aromatic rings. The molecule has 0 atom stereocenters. The fourth-order valence-corrected chi connectivity index (χ4v) is 3.19. The van der Waals surface area contributed by atoms with Gasteiger partial charge in [0.25, 0.3) is 17.3 Å². The molecule has 4 N–H and O–H groups in total. The number of carboxylic acid groups (broad SMARTS) is 1. The number of rotatable bonds is 9. The van der Waals surface area contributed by atoms with Gasteiger partial charge in [0.05, 0.1) is 36.9 Å². The van der Waals surface area contributed by atoms with Crippen LogP contribution in [-0.4, -0.2) is 66.1 Å². The second-order valence-electron chi connectivity index (χ2n) is 8.18. The molecule has 44 heavy (non-hydrogen) atoms. The molecule has 0 unspecified atom stereocenters. The summed E-state index contributed by atoms with van der Waals surface area (Å²) in [5, 5.41) is 33.1. The lowest BCUT2D eigenvalue weighted by Gasteiger charge is -2.01. The maximum absolute atomic E-state index is 11.8. The molecule has 0 aliphatic rings. The Morgan fingerprint density at radius 2 is 1.27 bits per heavy atom. The van der Waals surface area contributed by atoms with Gasteiger partial charge in [-0.2, -0.15) is 0 Å². The number of nitro groups is 2. The van der Waals surface area contributed by atoms with Gasteiger partial charge in [0.1, 0.15) is 11.2 Å². The molecule has 0 aliphatic heterocycles. The Labute approximate surface area is 253 Å². The summed E-state index contributed by atoms with van der Waals surface area (Å²) in [6.45, 7) is 0.482. The van der Waals surface area contributed by atoms with Gasteiger partial charge in [0, 0.05) is 48.1 Å². The Morgan fingerprint density at radius 3 is 1.68 bits per heavy atom. The summed E-state index contributed by atoms with van der Waals surface area (Å²) in [6, 6.07) is 10.6. The van der Waals surface area contributed by atoms with Gasteiger partial charge in [0.15, 0.2) is 5.76 Å². The van der Waals surface area contributed by atoms with Crippen molar-refractivity contribution < 1.29 is 52.4 Å². The topological polar surface area (TPSA) is 258 Å². The van der Waals surface area contributed by atoms with Crippen molar-refractivity contribution in [3.05, 3.63) is 80.3 Å². The summed E-state index contributed by atoms with van der Waals surface area (Å²) < 4.78 is 19.0. The molecule has 4 rings (SSSR count). The van der Waals surface area contributed by atoms with Crippen LogP contribution in [0.3, 0.4) is 0 Å². The van der Waals surface area contributed by atoms with Crippen molar-refractivity contribution >= 4 is 69.5 Å². The summed E-state index contributed by atoms with van der Waals surface area (Å²) >= 11 is 0. The molecule has 0 spiro atoms. The summed E-state index contributed by atoms with van der Waals surface area (Å²) in [5.41, 5.74) is 5.52. The van der Waals surface area contributed by atoms with Crippen molar-refractivity contribution in [2.75, 3.05) is 27.3 Å². The number of methoxy groups -OCH3 is 2. The highest BCUT2D eigenvalue weighted by atomic mass is 35.5. The van der Waals surface area contributed by atoms with E-state index in [2.05, 4.69) is 14.8 Å². The van der Waals surface area contributed by atoms with E-state index in [1.807, 2.05) is 0 Å². The number of amides is 1. The Bertz CT molecular complexity index is 1640. The third-order valence-electron chi connectivity index (χ3n) is 5.27. The molecule has 18 heteroatoms. The molecule has 1 amide bonds. The number of hydrogen-bond donors (Lipinski definition) is 3. The van der Waals surface area contributed by atoms with Gasteiger partial charge in [-0.1, -0.05) is 0 Å².